The molecule has 0 saturated heterocycles. The van der Waals surface area contributed by atoms with Gasteiger partial charge in [0.05, 0.1) is 5.69 Å². The van der Waals surface area contributed by atoms with E-state index in [9.17, 15) is 0 Å². The SMILES string of the molecule is CN=C(NCCc1ccc(Cl)cc1)NCc1c(C)nn(C)c1C. The largest absolute Gasteiger partial charge is 0.356 e. The Kier molecular flexibility index (Phi) is 6.04. The zero-order valence-corrected chi connectivity index (χ0v) is 14.9. The number of hydrogen-bond donors (Lipinski definition) is 2. The zero-order valence-electron chi connectivity index (χ0n) is 14.2. The Morgan fingerprint density at radius 1 is 1.22 bits per heavy atom. The van der Waals surface area contributed by atoms with E-state index in [1.54, 1.807) is 7.05 Å². The second-order valence-electron chi connectivity index (χ2n) is 5.50. The Morgan fingerprint density at radius 2 is 1.91 bits per heavy atom. The van der Waals surface area contributed by atoms with Gasteiger partial charge < -0.3 is 10.6 Å². The molecule has 0 unspecified atom stereocenters. The minimum absolute atomic E-state index is 0.714. The van der Waals surface area contributed by atoms with Crippen molar-refractivity contribution in [3.8, 4) is 0 Å². The molecule has 2 aromatic rings. The van der Waals surface area contributed by atoms with Crippen LogP contribution < -0.4 is 10.6 Å². The molecule has 5 nitrogen and oxygen atoms in total. The van der Waals surface area contributed by atoms with E-state index in [1.807, 2.05) is 42.9 Å². The van der Waals surface area contributed by atoms with Crippen LogP contribution in [-0.4, -0.2) is 29.3 Å². The molecule has 0 atom stereocenters. The first kappa shape index (κ1) is 17.3. The number of aliphatic imine (C=N–C) groups is 1. The number of hydrogen-bond acceptors (Lipinski definition) is 2. The van der Waals surface area contributed by atoms with Crippen LogP contribution >= 0.6 is 11.6 Å². The van der Waals surface area contributed by atoms with E-state index in [0.717, 1.165) is 29.6 Å². The topological polar surface area (TPSA) is 54.2 Å². The summed E-state index contributed by atoms with van der Waals surface area (Å²) in [7, 11) is 3.74. The van der Waals surface area contributed by atoms with Crippen molar-refractivity contribution < 1.29 is 0 Å². The summed E-state index contributed by atoms with van der Waals surface area (Å²) < 4.78 is 1.91. The standard InChI is InChI=1S/C17H24ClN5/c1-12-16(13(2)23(4)22-12)11-21-17(19-3)20-10-9-14-5-7-15(18)8-6-14/h5-8H,9-11H2,1-4H3,(H2,19,20,21). The first-order chi connectivity index (χ1) is 11.0. The number of aryl methyl sites for hydroxylation is 2. The summed E-state index contributed by atoms with van der Waals surface area (Å²) in [6, 6.07) is 7.92. The van der Waals surface area contributed by atoms with Gasteiger partial charge in [-0.05, 0) is 38.0 Å². The van der Waals surface area contributed by atoms with Crippen molar-refractivity contribution in [3.05, 3.63) is 51.8 Å². The van der Waals surface area contributed by atoms with E-state index >= 15 is 0 Å². The van der Waals surface area contributed by atoms with Crippen LogP contribution in [0.15, 0.2) is 29.3 Å². The normalized spacial score (nSPS) is 11.6. The fraction of sp³-hybridized carbons (Fsp3) is 0.412. The Balaban J connectivity index is 1.83. The van der Waals surface area contributed by atoms with Gasteiger partial charge in [0.25, 0.3) is 0 Å². The molecular weight excluding hydrogens is 310 g/mol. The van der Waals surface area contributed by atoms with Gasteiger partial charge in [0.2, 0.25) is 0 Å². The third-order valence-corrected chi connectivity index (χ3v) is 4.19. The van der Waals surface area contributed by atoms with Crippen LogP contribution in [0.2, 0.25) is 5.02 Å². The van der Waals surface area contributed by atoms with Gasteiger partial charge in [-0.2, -0.15) is 5.10 Å². The van der Waals surface area contributed by atoms with Crippen molar-refractivity contribution in [2.75, 3.05) is 13.6 Å². The molecule has 1 heterocycles. The van der Waals surface area contributed by atoms with Crippen LogP contribution in [0.5, 0.6) is 0 Å². The molecule has 2 rings (SSSR count). The third-order valence-electron chi connectivity index (χ3n) is 3.93. The van der Waals surface area contributed by atoms with Gasteiger partial charge in [0.1, 0.15) is 0 Å². The molecule has 0 amide bonds. The maximum absolute atomic E-state index is 5.89. The molecule has 0 aliphatic rings. The quantitative estimate of drug-likeness (QED) is 0.653. The van der Waals surface area contributed by atoms with Crippen molar-refractivity contribution >= 4 is 17.6 Å². The van der Waals surface area contributed by atoms with Crippen LogP contribution in [0.1, 0.15) is 22.5 Å². The van der Waals surface area contributed by atoms with E-state index in [-0.39, 0.29) is 0 Å². The number of nitrogens with zero attached hydrogens (tertiary/aromatic N) is 3. The van der Waals surface area contributed by atoms with Gasteiger partial charge in [0, 0.05) is 43.5 Å². The van der Waals surface area contributed by atoms with Gasteiger partial charge in [-0.15, -0.1) is 0 Å². The monoisotopic (exact) mass is 333 g/mol. The average Bonchev–Trinajstić information content (AvgIpc) is 2.78. The molecular formula is C17H24ClN5. The van der Waals surface area contributed by atoms with E-state index in [2.05, 4.69) is 27.6 Å². The van der Waals surface area contributed by atoms with Crippen LogP contribution in [0.25, 0.3) is 0 Å². The van der Waals surface area contributed by atoms with Gasteiger partial charge >= 0.3 is 0 Å². The van der Waals surface area contributed by atoms with E-state index < -0.39 is 0 Å². The Morgan fingerprint density at radius 3 is 2.48 bits per heavy atom. The smallest absolute Gasteiger partial charge is 0.191 e. The molecule has 0 aliphatic heterocycles. The lowest BCUT2D eigenvalue weighted by Crippen LogP contribution is -2.38. The summed E-state index contributed by atoms with van der Waals surface area (Å²) in [6.07, 6.45) is 0.919. The highest BCUT2D eigenvalue weighted by Crippen LogP contribution is 2.11. The van der Waals surface area contributed by atoms with Crippen LogP contribution in [-0.2, 0) is 20.0 Å². The molecule has 6 heteroatoms. The highest BCUT2D eigenvalue weighted by atomic mass is 35.5. The van der Waals surface area contributed by atoms with Gasteiger partial charge in [-0.3, -0.25) is 9.67 Å². The maximum atomic E-state index is 5.89. The molecule has 0 saturated carbocycles. The molecule has 0 fully saturated rings. The lowest BCUT2D eigenvalue weighted by atomic mass is 10.1. The Bertz CT molecular complexity index is 673. The van der Waals surface area contributed by atoms with Crippen LogP contribution in [0.4, 0.5) is 0 Å². The van der Waals surface area contributed by atoms with E-state index in [1.165, 1.54) is 16.8 Å². The summed E-state index contributed by atoms with van der Waals surface area (Å²) in [5.74, 6) is 0.793. The predicted octanol–water partition coefficient (Wildman–Crippen LogP) is 2.60. The summed E-state index contributed by atoms with van der Waals surface area (Å²) in [6.45, 7) is 5.63. The van der Waals surface area contributed by atoms with Gasteiger partial charge in [0.15, 0.2) is 5.96 Å². The van der Waals surface area contributed by atoms with Crippen LogP contribution in [0.3, 0.4) is 0 Å². The van der Waals surface area contributed by atoms with Crippen molar-refractivity contribution in [2.45, 2.75) is 26.8 Å². The van der Waals surface area contributed by atoms with Crippen molar-refractivity contribution in [1.82, 2.24) is 20.4 Å². The fourth-order valence-electron chi connectivity index (χ4n) is 2.44. The highest BCUT2D eigenvalue weighted by molar-refractivity contribution is 6.30. The number of rotatable bonds is 5. The molecule has 124 valence electrons. The van der Waals surface area contributed by atoms with Gasteiger partial charge in [-0.1, -0.05) is 23.7 Å². The molecule has 1 aromatic carbocycles. The van der Waals surface area contributed by atoms with E-state index in [4.69, 9.17) is 11.6 Å². The number of aromatic nitrogens is 2. The maximum Gasteiger partial charge on any atom is 0.191 e. The molecule has 2 N–H and O–H groups in total. The molecule has 0 radical (unpaired) electrons. The number of guanidine groups is 1. The predicted molar refractivity (Wildman–Crippen MR) is 96.0 cm³/mol. The molecule has 23 heavy (non-hydrogen) atoms. The third kappa shape index (κ3) is 4.73. The molecule has 0 aliphatic carbocycles. The zero-order chi connectivity index (χ0) is 16.8. The average molecular weight is 334 g/mol. The summed E-state index contributed by atoms with van der Waals surface area (Å²) in [5, 5.41) is 11.9. The summed E-state index contributed by atoms with van der Waals surface area (Å²) in [5.41, 5.74) is 4.69. The van der Waals surface area contributed by atoms with Crippen LogP contribution in [0, 0.1) is 13.8 Å². The first-order valence-corrected chi connectivity index (χ1v) is 8.07. The highest BCUT2D eigenvalue weighted by Gasteiger charge is 2.09. The number of nitrogens with one attached hydrogen (secondary N) is 2. The second-order valence-corrected chi connectivity index (χ2v) is 5.94. The van der Waals surface area contributed by atoms with Crippen molar-refractivity contribution in [3.63, 3.8) is 0 Å². The Hall–Kier alpha value is -2.01. The van der Waals surface area contributed by atoms with Gasteiger partial charge in [-0.25, -0.2) is 0 Å². The molecule has 0 bridgehead atoms. The summed E-state index contributed by atoms with van der Waals surface area (Å²) in [4.78, 5) is 4.26. The second kappa shape index (κ2) is 8.02. The lowest BCUT2D eigenvalue weighted by molar-refractivity contribution is 0.728. The van der Waals surface area contributed by atoms with Crippen molar-refractivity contribution in [2.24, 2.45) is 12.0 Å². The number of benzene rings is 1. The van der Waals surface area contributed by atoms with Crippen molar-refractivity contribution in [1.29, 1.82) is 0 Å². The molecule has 0 spiro atoms. The Labute approximate surface area is 142 Å². The summed E-state index contributed by atoms with van der Waals surface area (Å²) >= 11 is 5.89. The first-order valence-electron chi connectivity index (χ1n) is 7.69. The van der Waals surface area contributed by atoms with E-state index in [0.29, 0.717) is 6.54 Å². The minimum atomic E-state index is 0.714. The number of halogens is 1. The molecule has 1 aromatic heterocycles. The fourth-order valence-corrected chi connectivity index (χ4v) is 2.57. The lowest BCUT2D eigenvalue weighted by Gasteiger charge is -2.12. The minimum Gasteiger partial charge on any atom is -0.356 e.